The van der Waals surface area contributed by atoms with Crippen molar-refractivity contribution >= 4 is 23.2 Å². The molecule has 0 spiro atoms. The summed E-state index contributed by atoms with van der Waals surface area (Å²) < 4.78 is 0. The van der Waals surface area contributed by atoms with Gasteiger partial charge in [0.25, 0.3) is 0 Å². The Morgan fingerprint density at radius 2 is 2.08 bits per heavy atom. The van der Waals surface area contributed by atoms with Crippen LogP contribution in [0.4, 0.5) is 0 Å². The summed E-state index contributed by atoms with van der Waals surface area (Å²) in [6.07, 6.45) is 2.92. The molecule has 2 amide bonds. The van der Waals surface area contributed by atoms with Gasteiger partial charge in [-0.15, -0.1) is 17.9 Å². The molecule has 0 saturated heterocycles. The lowest BCUT2D eigenvalue weighted by Gasteiger charge is -2.37. The standard InChI is InChI=1S/C21H24N2O2S/c1-3-12-22(19(24)4-2)15-20(25)23-13-10-18-17(11-14-26-18)21(23)16-8-6-5-7-9-16/h3,5-9,11,14,21H,1,4,10,12-13,15H2,2H3. The van der Waals surface area contributed by atoms with E-state index in [-0.39, 0.29) is 24.4 Å². The van der Waals surface area contributed by atoms with Gasteiger partial charge in [-0.1, -0.05) is 43.3 Å². The zero-order chi connectivity index (χ0) is 18.5. The van der Waals surface area contributed by atoms with Crippen molar-refractivity contribution in [2.75, 3.05) is 19.6 Å². The SMILES string of the molecule is C=CCN(CC(=O)N1CCc2sccc2C1c1ccccc1)C(=O)CC. The second kappa shape index (κ2) is 8.32. The van der Waals surface area contributed by atoms with Crippen molar-refractivity contribution in [2.45, 2.75) is 25.8 Å². The van der Waals surface area contributed by atoms with E-state index in [9.17, 15) is 9.59 Å². The molecule has 5 heteroatoms. The van der Waals surface area contributed by atoms with Crippen LogP contribution in [0, 0.1) is 0 Å². The zero-order valence-corrected chi connectivity index (χ0v) is 15.9. The Balaban J connectivity index is 1.88. The molecular formula is C21H24N2O2S. The Labute approximate surface area is 158 Å². The number of hydrogen-bond donors (Lipinski definition) is 0. The minimum atomic E-state index is -0.0824. The van der Waals surface area contributed by atoms with Crippen LogP contribution < -0.4 is 0 Å². The topological polar surface area (TPSA) is 40.6 Å². The number of fused-ring (bicyclic) bond motifs is 1. The Kier molecular flexibility index (Phi) is 5.89. The summed E-state index contributed by atoms with van der Waals surface area (Å²) in [5.74, 6) is -0.0397. The van der Waals surface area contributed by atoms with Gasteiger partial charge in [-0.2, -0.15) is 0 Å². The monoisotopic (exact) mass is 368 g/mol. The lowest BCUT2D eigenvalue weighted by atomic mass is 9.93. The van der Waals surface area contributed by atoms with Crippen LogP contribution in [0.15, 0.2) is 54.4 Å². The van der Waals surface area contributed by atoms with E-state index in [0.29, 0.717) is 19.5 Å². The van der Waals surface area contributed by atoms with E-state index in [1.165, 1.54) is 10.4 Å². The molecule has 0 fully saturated rings. The molecule has 2 heterocycles. The van der Waals surface area contributed by atoms with Gasteiger partial charge >= 0.3 is 0 Å². The third-order valence-corrected chi connectivity index (χ3v) is 5.73. The molecule has 2 aromatic rings. The summed E-state index contributed by atoms with van der Waals surface area (Å²) >= 11 is 1.75. The van der Waals surface area contributed by atoms with Crippen LogP contribution in [0.3, 0.4) is 0 Å². The number of carbonyl (C=O) groups excluding carboxylic acids is 2. The number of amides is 2. The van der Waals surface area contributed by atoms with Crippen LogP contribution >= 0.6 is 11.3 Å². The molecular weight excluding hydrogens is 344 g/mol. The molecule has 0 aliphatic carbocycles. The van der Waals surface area contributed by atoms with Crippen LogP contribution in [0.2, 0.25) is 0 Å². The summed E-state index contributed by atoms with van der Waals surface area (Å²) in [6, 6.07) is 12.2. The first kappa shape index (κ1) is 18.4. The van der Waals surface area contributed by atoms with Gasteiger partial charge in [0, 0.05) is 24.4 Å². The third kappa shape index (κ3) is 3.73. The molecule has 3 rings (SSSR count). The van der Waals surface area contributed by atoms with Gasteiger partial charge in [0.1, 0.15) is 6.54 Å². The van der Waals surface area contributed by atoms with E-state index in [2.05, 4.69) is 30.2 Å². The summed E-state index contributed by atoms with van der Waals surface area (Å²) in [5.41, 5.74) is 2.31. The van der Waals surface area contributed by atoms with Crippen molar-refractivity contribution < 1.29 is 9.59 Å². The molecule has 0 saturated carbocycles. The quantitative estimate of drug-likeness (QED) is 0.730. The molecule has 1 aromatic carbocycles. The average Bonchev–Trinajstić information content (AvgIpc) is 3.15. The summed E-state index contributed by atoms with van der Waals surface area (Å²) in [6.45, 7) is 6.69. The highest BCUT2D eigenvalue weighted by molar-refractivity contribution is 7.10. The number of carbonyl (C=O) groups is 2. The lowest BCUT2D eigenvalue weighted by molar-refractivity contribution is -0.141. The number of rotatable bonds is 6. The first-order valence-corrected chi connectivity index (χ1v) is 9.83. The minimum absolute atomic E-state index is 0.0145. The third-order valence-electron chi connectivity index (χ3n) is 4.73. The van der Waals surface area contributed by atoms with Crippen molar-refractivity contribution in [3.05, 3.63) is 70.4 Å². The van der Waals surface area contributed by atoms with Crippen LogP contribution in [0.1, 0.15) is 35.4 Å². The van der Waals surface area contributed by atoms with E-state index in [4.69, 9.17) is 0 Å². The van der Waals surface area contributed by atoms with Gasteiger partial charge in [-0.25, -0.2) is 0 Å². The van der Waals surface area contributed by atoms with Gasteiger partial charge in [-0.3, -0.25) is 9.59 Å². The van der Waals surface area contributed by atoms with Crippen molar-refractivity contribution in [3.63, 3.8) is 0 Å². The number of thiophene rings is 1. The van der Waals surface area contributed by atoms with Gasteiger partial charge in [-0.05, 0) is 29.0 Å². The molecule has 0 N–H and O–H groups in total. The maximum atomic E-state index is 13.1. The Bertz CT molecular complexity index is 784. The number of nitrogens with zero attached hydrogens (tertiary/aromatic N) is 2. The summed E-state index contributed by atoms with van der Waals surface area (Å²) in [5, 5.41) is 2.10. The van der Waals surface area contributed by atoms with Crippen LogP contribution in [0.25, 0.3) is 0 Å². The Morgan fingerprint density at radius 1 is 1.31 bits per heavy atom. The fourth-order valence-corrected chi connectivity index (χ4v) is 4.37. The summed E-state index contributed by atoms with van der Waals surface area (Å²) in [7, 11) is 0. The van der Waals surface area contributed by atoms with E-state index in [1.54, 1.807) is 22.3 Å². The van der Waals surface area contributed by atoms with Crippen LogP contribution in [0.5, 0.6) is 0 Å². The van der Waals surface area contributed by atoms with E-state index in [0.717, 1.165) is 12.0 Å². The molecule has 1 aliphatic rings. The van der Waals surface area contributed by atoms with Crippen molar-refractivity contribution in [1.82, 2.24) is 9.80 Å². The second-order valence-corrected chi connectivity index (χ2v) is 7.37. The molecule has 0 radical (unpaired) electrons. The molecule has 1 unspecified atom stereocenters. The van der Waals surface area contributed by atoms with Gasteiger partial charge in [0.2, 0.25) is 11.8 Å². The highest BCUT2D eigenvalue weighted by atomic mass is 32.1. The fraction of sp³-hybridized carbons (Fsp3) is 0.333. The molecule has 0 bridgehead atoms. The first-order chi connectivity index (χ1) is 12.7. The van der Waals surface area contributed by atoms with E-state index < -0.39 is 0 Å². The highest BCUT2D eigenvalue weighted by Gasteiger charge is 2.33. The Morgan fingerprint density at radius 3 is 2.77 bits per heavy atom. The molecule has 1 aromatic heterocycles. The molecule has 136 valence electrons. The van der Waals surface area contributed by atoms with Gasteiger partial charge in [0.15, 0.2) is 0 Å². The van der Waals surface area contributed by atoms with Crippen LogP contribution in [-0.2, 0) is 16.0 Å². The van der Waals surface area contributed by atoms with Crippen molar-refractivity contribution in [2.24, 2.45) is 0 Å². The molecule has 26 heavy (non-hydrogen) atoms. The van der Waals surface area contributed by atoms with Gasteiger partial charge < -0.3 is 9.80 Å². The van der Waals surface area contributed by atoms with Gasteiger partial charge in [0.05, 0.1) is 6.04 Å². The van der Waals surface area contributed by atoms with Crippen molar-refractivity contribution in [3.8, 4) is 0 Å². The Hall–Kier alpha value is -2.40. The maximum absolute atomic E-state index is 13.1. The van der Waals surface area contributed by atoms with E-state index in [1.807, 2.05) is 30.0 Å². The predicted octanol–water partition coefficient (Wildman–Crippen LogP) is 3.65. The van der Waals surface area contributed by atoms with E-state index >= 15 is 0 Å². The summed E-state index contributed by atoms with van der Waals surface area (Å²) in [4.78, 5) is 30.1. The normalized spacial score (nSPS) is 16.0. The zero-order valence-electron chi connectivity index (χ0n) is 15.1. The molecule has 1 atom stereocenters. The molecule has 4 nitrogen and oxygen atoms in total. The highest BCUT2D eigenvalue weighted by Crippen LogP contribution is 2.37. The van der Waals surface area contributed by atoms with Crippen molar-refractivity contribution in [1.29, 1.82) is 0 Å². The fourth-order valence-electron chi connectivity index (χ4n) is 3.47. The maximum Gasteiger partial charge on any atom is 0.243 e. The molecule has 1 aliphatic heterocycles. The van der Waals surface area contributed by atoms with Crippen LogP contribution in [-0.4, -0.2) is 41.2 Å². The number of benzene rings is 1. The smallest absolute Gasteiger partial charge is 0.243 e. The number of hydrogen-bond acceptors (Lipinski definition) is 3. The largest absolute Gasteiger partial charge is 0.330 e. The predicted molar refractivity (Wildman–Crippen MR) is 105 cm³/mol. The minimum Gasteiger partial charge on any atom is -0.330 e. The second-order valence-electron chi connectivity index (χ2n) is 6.37. The lowest BCUT2D eigenvalue weighted by Crippen LogP contribution is -2.46. The first-order valence-electron chi connectivity index (χ1n) is 8.95. The average molecular weight is 369 g/mol.